The molecule has 0 aliphatic carbocycles. The van der Waals surface area contributed by atoms with E-state index in [4.69, 9.17) is 0 Å². The van der Waals surface area contributed by atoms with Gasteiger partial charge in [-0.3, -0.25) is 9.59 Å². The molecule has 0 bridgehead atoms. The first-order valence-electron chi connectivity index (χ1n) is 7.41. The van der Waals surface area contributed by atoms with Gasteiger partial charge in [-0.2, -0.15) is 0 Å². The van der Waals surface area contributed by atoms with Crippen molar-refractivity contribution in [3.8, 4) is 0 Å². The second-order valence-electron chi connectivity index (χ2n) is 5.01. The van der Waals surface area contributed by atoms with Crippen molar-refractivity contribution in [2.75, 3.05) is 19.0 Å². The average Bonchev–Trinajstić information content (AvgIpc) is 2.62. The fourth-order valence-corrected chi connectivity index (χ4v) is 2.04. The van der Waals surface area contributed by atoms with Gasteiger partial charge in [0.25, 0.3) is 0 Å². The Morgan fingerprint density at radius 3 is 2.21 bits per heavy atom. The third-order valence-electron chi connectivity index (χ3n) is 3.31. The molecule has 2 aromatic carbocycles. The molecule has 2 amide bonds. The van der Waals surface area contributed by atoms with Crippen molar-refractivity contribution >= 4 is 23.5 Å². The Morgan fingerprint density at radius 2 is 1.58 bits per heavy atom. The highest BCUT2D eigenvalue weighted by Crippen LogP contribution is 2.10. The molecule has 0 saturated carbocycles. The van der Waals surface area contributed by atoms with E-state index in [9.17, 15) is 14.4 Å². The molecule has 0 radical (unpaired) electrons. The zero-order chi connectivity index (χ0) is 17.4. The van der Waals surface area contributed by atoms with Crippen LogP contribution in [0.1, 0.15) is 15.9 Å². The van der Waals surface area contributed by atoms with E-state index in [1.165, 1.54) is 31.4 Å². The van der Waals surface area contributed by atoms with E-state index in [1.807, 2.05) is 30.3 Å². The molecule has 2 N–H and O–H groups in total. The van der Waals surface area contributed by atoms with Crippen LogP contribution in [0.4, 0.5) is 5.69 Å². The highest BCUT2D eigenvalue weighted by Gasteiger charge is 2.13. The summed E-state index contributed by atoms with van der Waals surface area (Å²) in [5.74, 6) is -1.93. The van der Waals surface area contributed by atoms with Gasteiger partial charge in [0.05, 0.1) is 12.7 Å². The van der Waals surface area contributed by atoms with Crippen molar-refractivity contribution in [2.24, 2.45) is 0 Å². The number of esters is 1. The molecule has 0 spiro atoms. The molecular weight excluding hydrogens is 308 g/mol. The first-order chi connectivity index (χ1) is 11.6. The number of amides is 2. The monoisotopic (exact) mass is 326 g/mol. The topological polar surface area (TPSA) is 84.5 Å². The maximum absolute atomic E-state index is 11.8. The van der Waals surface area contributed by atoms with Crippen molar-refractivity contribution in [3.05, 3.63) is 65.7 Å². The number of nitrogens with one attached hydrogen (secondary N) is 2. The van der Waals surface area contributed by atoms with Crippen molar-refractivity contribution in [2.45, 2.75) is 6.42 Å². The van der Waals surface area contributed by atoms with Crippen LogP contribution in [0, 0.1) is 0 Å². The standard InChI is InChI=1S/C18H18N2O4/c1-24-18(23)14-7-9-15(10-8-14)20-17(22)16(21)19-12-11-13-5-3-2-4-6-13/h2-10H,11-12H2,1H3,(H,19,21)(H,20,22). The van der Waals surface area contributed by atoms with Gasteiger partial charge in [-0.1, -0.05) is 30.3 Å². The number of carbonyl (C=O) groups excluding carboxylic acids is 3. The largest absolute Gasteiger partial charge is 0.465 e. The molecule has 24 heavy (non-hydrogen) atoms. The summed E-state index contributed by atoms with van der Waals surface area (Å²) in [6, 6.07) is 15.7. The van der Waals surface area contributed by atoms with Crippen LogP contribution in [0.5, 0.6) is 0 Å². The molecule has 0 saturated heterocycles. The highest BCUT2D eigenvalue weighted by atomic mass is 16.5. The zero-order valence-electron chi connectivity index (χ0n) is 13.2. The van der Waals surface area contributed by atoms with Crippen LogP contribution in [0.2, 0.25) is 0 Å². The SMILES string of the molecule is COC(=O)c1ccc(NC(=O)C(=O)NCCc2ccccc2)cc1. The van der Waals surface area contributed by atoms with Gasteiger partial charge in [0, 0.05) is 12.2 Å². The minimum absolute atomic E-state index is 0.364. The molecular formula is C18H18N2O4. The second kappa shape index (κ2) is 8.47. The number of methoxy groups -OCH3 is 1. The van der Waals surface area contributed by atoms with Gasteiger partial charge in [0.15, 0.2) is 0 Å². The number of hydrogen-bond acceptors (Lipinski definition) is 4. The molecule has 0 aromatic heterocycles. The normalized spacial score (nSPS) is 9.88. The average molecular weight is 326 g/mol. The molecule has 0 aliphatic heterocycles. The molecule has 0 aliphatic rings. The summed E-state index contributed by atoms with van der Waals surface area (Å²) in [5.41, 5.74) is 1.87. The summed E-state index contributed by atoms with van der Waals surface area (Å²) in [7, 11) is 1.29. The van der Waals surface area contributed by atoms with Crippen LogP contribution in [-0.4, -0.2) is 31.4 Å². The van der Waals surface area contributed by atoms with Crippen LogP contribution >= 0.6 is 0 Å². The van der Waals surface area contributed by atoms with E-state index in [0.717, 1.165) is 5.56 Å². The van der Waals surface area contributed by atoms with Crippen molar-refractivity contribution in [1.29, 1.82) is 0 Å². The van der Waals surface area contributed by atoms with Crippen LogP contribution in [-0.2, 0) is 20.7 Å². The Labute approximate surface area is 139 Å². The van der Waals surface area contributed by atoms with Crippen LogP contribution in [0.15, 0.2) is 54.6 Å². The summed E-state index contributed by atoms with van der Waals surface area (Å²) in [5, 5.41) is 5.04. The van der Waals surface area contributed by atoms with Gasteiger partial charge in [-0.25, -0.2) is 4.79 Å². The van der Waals surface area contributed by atoms with Gasteiger partial charge < -0.3 is 15.4 Å². The summed E-state index contributed by atoms with van der Waals surface area (Å²) < 4.78 is 4.59. The summed E-state index contributed by atoms with van der Waals surface area (Å²) >= 11 is 0. The zero-order valence-corrected chi connectivity index (χ0v) is 13.2. The summed E-state index contributed by atoms with van der Waals surface area (Å²) in [4.78, 5) is 34.9. The van der Waals surface area contributed by atoms with E-state index in [2.05, 4.69) is 15.4 Å². The van der Waals surface area contributed by atoms with Gasteiger partial charge >= 0.3 is 17.8 Å². The Morgan fingerprint density at radius 1 is 0.917 bits per heavy atom. The number of carbonyl (C=O) groups is 3. The number of rotatable bonds is 5. The molecule has 2 rings (SSSR count). The molecule has 0 heterocycles. The van der Waals surface area contributed by atoms with E-state index < -0.39 is 17.8 Å². The first kappa shape index (κ1) is 17.2. The maximum atomic E-state index is 11.8. The number of ether oxygens (including phenoxy) is 1. The van der Waals surface area contributed by atoms with Crippen LogP contribution < -0.4 is 10.6 Å². The smallest absolute Gasteiger partial charge is 0.337 e. The molecule has 2 aromatic rings. The Balaban J connectivity index is 1.81. The number of anilines is 1. The molecule has 0 atom stereocenters. The minimum atomic E-state index is -0.756. The Hall–Kier alpha value is -3.15. The Bertz CT molecular complexity index is 712. The van der Waals surface area contributed by atoms with Crippen LogP contribution in [0.3, 0.4) is 0 Å². The van der Waals surface area contributed by atoms with Gasteiger partial charge in [-0.15, -0.1) is 0 Å². The summed E-state index contributed by atoms with van der Waals surface area (Å²) in [6.45, 7) is 0.373. The lowest BCUT2D eigenvalue weighted by Gasteiger charge is -2.07. The molecule has 124 valence electrons. The van der Waals surface area contributed by atoms with E-state index >= 15 is 0 Å². The van der Waals surface area contributed by atoms with E-state index in [-0.39, 0.29) is 0 Å². The quantitative estimate of drug-likeness (QED) is 0.648. The predicted molar refractivity (Wildman–Crippen MR) is 89.6 cm³/mol. The Kier molecular flexibility index (Phi) is 6.08. The predicted octanol–water partition coefficient (Wildman–Crippen LogP) is 1.77. The molecule has 0 fully saturated rings. The molecule has 0 unspecified atom stereocenters. The van der Waals surface area contributed by atoms with Crippen molar-refractivity contribution < 1.29 is 19.1 Å². The van der Waals surface area contributed by atoms with Crippen molar-refractivity contribution in [3.63, 3.8) is 0 Å². The number of hydrogen-bond donors (Lipinski definition) is 2. The van der Waals surface area contributed by atoms with Gasteiger partial charge in [-0.05, 0) is 36.2 Å². The van der Waals surface area contributed by atoms with E-state index in [1.54, 1.807) is 0 Å². The maximum Gasteiger partial charge on any atom is 0.337 e. The molecule has 6 nitrogen and oxygen atoms in total. The summed E-state index contributed by atoms with van der Waals surface area (Å²) in [6.07, 6.45) is 0.647. The third-order valence-corrected chi connectivity index (χ3v) is 3.31. The van der Waals surface area contributed by atoms with Crippen molar-refractivity contribution in [1.82, 2.24) is 5.32 Å². The third kappa shape index (κ3) is 4.95. The first-order valence-corrected chi connectivity index (χ1v) is 7.41. The number of benzene rings is 2. The van der Waals surface area contributed by atoms with E-state index in [0.29, 0.717) is 24.2 Å². The fourth-order valence-electron chi connectivity index (χ4n) is 2.04. The second-order valence-corrected chi connectivity index (χ2v) is 5.01. The van der Waals surface area contributed by atoms with Gasteiger partial charge in [0.2, 0.25) is 0 Å². The van der Waals surface area contributed by atoms with Crippen LogP contribution in [0.25, 0.3) is 0 Å². The highest BCUT2D eigenvalue weighted by molar-refractivity contribution is 6.39. The lowest BCUT2D eigenvalue weighted by molar-refractivity contribution is -0.136. The van der Waals surface area contributed by atoms with Gasteiger partial charge in [0.1, 0.15) is 0 Å². The lowest BCUT2D eigenvalue weighted by atomic mass is 10.1. The molecule has 6 heteroatoms. The fraction of sp³-hybridized carbons (Fsp3) is 0.167. The minimum Gasteiger partial charge on any atom is -0.465 e. The lowest BCUT2D eigenvalue weighted by Crippen LogP contribution is -2.36.